The zero-order valence-electron chi connectivity index (χ0n) is 14.6. The molecule has 0 aromatic carbocycles. The summed E-state index contributed by atoms with van der Waals surface area (Å²) < 4.78 is 5.08. The number of ether oxygens (including phenoxy) is 1. The Morgan fingerprint density at radius 3 is 2.14 bits per heavy atom. The summed E-state index contributed by atoms with van der Waals surface area (Å²) in [6.07, 6.45) is 8.49. The molecule has 21 heavy (non-hydrogen) atoms. The maximum atomic E-state index is 11.2. The minimum Gasteiger partial charge on any atom is -0.462 e. The molecule has 0 aromatic heterocycles. The van der Waals surface area contributed by atoms with Gasteiger partial charge in [0, 0.05) is 11.6 Å². The van der Waals surface area contributed by atoms with Gasteiger partial charge in [-0.25, -0.2) is 4.79 Å². The third-order valence-electron chi connectivity index (χ3n) is 4.06. The van der Waals surface area contributed by atoms with Gasteiger partial charge in [-0.3, -0.25) is 0 Å². The van der Waals surface area contributed by atoms with E-state index in [4.69, 9.17) is 4.74 Å². The zero-order chi connectivity index (χ0) is 16.1. The summed E-state index contributed by atoms with van der Waals surface area (Å²) in [4.78, 5) is 13.7. The quantitative estimate of drug-likeness (QED) is 0.283. The number of unbranched alkanes of at least 4 members (excludes halogenated alkanes) is 4. The fraction of sp³-hybridized carbons (Fsp3) is 0.833. The van der Waals surface area contributed by atoms with Crippen LogP contribution in [0, 0.1) is 0 Å². The van der Waals surface area contributed by atoms with Crippen LogP contribution in [-0.4, -0.2) is 36.6 Å². The predicted molar refractivity (Wildman–Crippen MR) is 90.5 cm³/mol. The molecule has 3 nitrogen and oxygen atoms in total. The molecular formula is C18H35NO2. The van der Waals surface area contributed by atoms with Gasteiger partial charge in [-0.1, -0.05) is 53.0 Å². The average Bonchev–Trinajstić information content (AvgIpc) is 2.48. The lowest BCUT2D eigenvalue weighted by Gasteiger charge is -2.28. The fourth-order valence-corrected chi connectivity index (χ4v) is 2.69. The lowest BCUT2D eigenvalue weighted by Crippen LogP contribution is -2.34. The van der Waals surface area contributed by atoms with Gasteiger partial charge in [0.25, 0.3) is 0 Å². The molecule has 0 saturated heterocycles. The molecule has 0 bridgehead atoms. The molecule has 0 rings (SSSR count). The summed E-state index contributed by atoms with van der Waals surface area (Å²) in [7, 11) is 0. The highest BCUT2D eigenvalue weighted by atomic mass is 16.5. The van der Waals surface area contributed by atoms with Crippen molar-refractivity contribution in [1.29, 1.82) is 0 Å². The Morgan fingerprint density at radius 1 is 1.05 bits per heavy atom. The Hall–Kier alpha value is -0.830. The molecule has 124 valence electrons. The minimum absolute atomic E-state index is 0.264. The van der Waals surface area contributed by atoms with Crippen LogP contribution in [0.3, 0.4) is 0 Å². The van der Waals surface area contributed by atoms with Crippen molar-refractivity contribution in [3.05, 3.63) is 12.2 Å². The normalized spacial score (nSPS) is 12.4. The first-order valence-corrected chi connectivity index (χ1v) is 8.63. The van der Waals surface area contributed by atoms with Crippen molar-refractivity contribution < 1.29 is 9.53 Å². The molecule has 0 N–H and O–H groups in total. The average molecular weight is 297 g/mol. The molecule has 1 unspecified atom stereocenters. The van der Waals surface area contributed by atoms with Gasteiger partial charge in [0.05, 0.1) is 6.61 Å². The Morgan fingerprint density at radius 2 is 1.62 bits per heavy atom. The van der Waals surface area contributed by atoms with Crippen LogP contribution in [0.25, 0.3) is 0 Å². The number of hydrogen-bond donors (Lipinski definition) is 0. The number of nitrogens with zero attached hydrogens (tertiary/aromatic N) is 1. The van der Waals surface area contributed by atoms with Gasteiger partial charge in [0.2, 0.25) is 0 Å². The van der Waals surface area contributed by atoms with Crippen LogP contribution in [0.5, 0.6) is 0 Å². The number of esters is 1. The van der Waals surface area contributed by atoms with E-state index in [2.05, 4.69) is 32.3 Å². The van der Waals surface area contributed by atoms with Crippen LogP contribution in [0.15, 0.2) is 12.2 Å². The topological polar surface area (TPSA) is 29.5 Å². The Labute approximate surface area is 131 Å². The first-order chi connectivity index (χ1) is 10.1. The van der Waals surface area contributed by atoms with E-state index in [0.29, 0.717) is 12.2 Å². The van der Waals surface area contributed by atoms with E-state index in [-0.39, 0.29) is 5.97 Å². The van der Waals surface area contributed by atoms with Crippen LogP contribution in [0.4, 0.5) is 0 Å². The molecule has 0 aliphatic heterocycles. The van der Waals surface area contributed by atoms with E-state index < -0.39 is 0 Å². The van der Waals surface area contributed by atoms with E-state index >= 15 is 0 Å². The fourth-order valence-electron chi connectivity index (χ4n) is 2.69. The molecule has 0 spiro atoms. The number of hydrogen-bond acceptors (Lipinski definition) is 3. The monoisotopic (exact) mass is 297 g/mol. The highest BCUT2D eigenvalue weighted by Crippen LogP contribution is 2.14. The summed E-state index contributed by atoms with van der Waals surface area (Å²) >= 11 is 0. The summed E-state index contributed by atoms with van der Waals surface area (Å²) in [6, 6.07) is 0.747. The lowest BCUT2D eigenvalue weighted by atomic mass is 10.0. The second kappa shape index (κ2) is 12.9. The van der Waals surface area contributed by atoms with E-state index in [1.54, 1.807) is 6.92 Å². The molecule has 0 saturated carbocycles. The smallest absolute Gasteiger partial charge is 0.333 e. The van der Waals surface area contributed by atoms with Crippen molar-refractivity contribution in [2.75, 3.05) is 19.7 Å². The standard InChI is InChI=1S/C18H35NO2/c1-6-17(19(7-2)8-3)14-12-10-9-11-13-15-21-18(20)16(4)5/h17H,4,6-15H2,1-3,5H3. The zero-order valence-corrected chi connectivity index (χ0v) is 14.6. The molecule has 0 radical (unpaired) electrons. The van der Waals surface area contributed by atoms with Crippen LogP contribution in [0.2, 0.25) is 0 Å². The van der Waals surface area contributed by atoms with Crippen LogP contribution >= 0.6 is 0 Å². The number of rotatable bonds is 13. The molecule has 0 aliphatic carbocycles. The van der Waals surface area contributed by atoms with E-state index in [0.717, 1.165) is 32.0 Å². The molecule has 1 atom stereocenters. The van der Waals surface area contributed by atoms with Crippen molar-refractivity contribution in [2.24, 2.45) is 0 Å². The second-order valence-electron chi connectivity index (χ2n) is 5.76. The predicted octanol–water partition coefficient (Wildman–Crippen LogP) is 4.57. The number of carbonyl (C=O) groups is 1. The van der Waals surface area contributed by atoms with E-state index in [1.807, 2.05) is 0 Å². The summed E-state index contributed by atoms with van der Waals surface area (Å²) in [5.74, 6) is -0.264. The van der Waals surface area contributed by atoms with Crippen LogP contribution < -0.4 is 0 Å². The molecule has 0 aliphatic rings. The molecule has 0 fully saturated rings. The van der Waals surface area contributed by atoms with Gasteiger partial charge in [-0.15, -0.1) is 0 Å². The first-order valence-electron chi connectivity index (χ1n) is 8.63. The summed E-state index contributed by atoms with van der Waals surface area (Å²) in [5.41, 5.74) is 0.483. The molecular weight excluding hydrogens is 262 g/mol. The van der Waals surface area contributed by atoms with Gasteiger partial charge < -0.3 is 9.64 Å². The molecule has 0 aromatic rings. The number of carbonyl (C=O) groups excluding carboxylic acids is 1. The van der Waals surface area contributed by atoms with E-state index in [9.17, 15) is 4.79 Å². The Balaban J connectivity index is 3.54. The van der Waals surface area contributed by atoms with Crippen molar-refractivity contribution in [1.82, 2.24) is 4.90 Å². The Kier molecular flexibility index (Phi) is 12.4. The second-order valence-corrected chi connectivity index (χ2v) is 5.76. The molecule has 3 heteroatoms. The van der Waals surface area contributed by atoms with Crippen LogP contribution in [-0.2, 0) is 9.53 Å². The van der Waals surface area contributed by atoms with Crippen molar-refractivity contribution >= 4 is 5.97 Å². The van der Waals surface area contributed by atoms with Gasteiger partial charge in [0.15, 0.2) is 0 Å². The van der Waals surface area contributed by atoms with Gasteiger partial charge in [0.1, 0.15) is 0 Å². The Bertz CT molecular complexity index is 285. The summed E-state index contributed by atoms with van der Waals surface area (Å²) in [5, 5.41) is 0. The third kappa shape index (κ3) is 9.67. The molecule has 0 amide bonds. The SMILES string of the molecule is C=C(C)C(=O)OCCCCCCCC(CC)N(CC)CC. The van der Waals surface area contributed by atoms with Crippen molar-refractivity contribution in [3.63, 3.8) is 0 Å². The highest BCUT2D eigenvalue weighted by Gasteiger charge is 2.12. The minimum atomic E-state index is -0.264. The van der Waals surface area contributed by atoms with Gasteiger partial charge in [-0.05, 0) is 39.3 Å². The van der Waals surface area contributed by atoms with Crippen molar-refractivity contribution in [2.45, 2.75) is 78.7 Å². The largest absolute Gasteiger partial charge is 0.462 e. The van der Waals surface area contributed by atoms with Gasteiger partial charge in [-0.2, -0.15) is 0 Å². The van der Waals surface area contributed by atoms with E-state index in [1.165, 1.54) is 32.1 Å². The third-order valence-corrected chi connectivity index (χ3v) is 4.06. The highest BCUT2D eigenvalue weighted by molar-refractivity contribution is 5.86. The van der Waals surface area contributed by atoms with Crippen LogP contribution in [0.1, 0.15) is 72.6 Å². The maximum Gasteiger partial charge on any atom is 0.333 e. The summed E-state index contributed by atoms with van der Waals surface area (Å²) in [6.45, 7) is 14.9. The molecule has 0 heterocycles. The first kappa shape index (κ1) is 20.2. The maximum absolute atomic E-state index is 11.2. The lowest BCUT2D eigenvalue weighted by molar-refractivity contribution is -0.139. The van der Waals surface area contributed by atoms with Crippen molar-refractivity contribution in [3.8, 4) is 0 Å². The van der Waals surface area contributed by atoms with Gasteiger partial charge >= 0.3 is 5.97 Å².